The third kappa shape index (κ3) is 7.14. The van der Waals surface area contributed by atoms with Crippen LogP contribution in [-0.2, 0) is 15.6 Å². The van der Waals surface area contributed by atoms with Crippen molar-refractivity contribution < 1.29 is 18.5 Å². The van der Waals surface area contributed by atoms with Gasteiger partial charge in [0.1, 0.15) is 5.60 Å². The summed E-state index contributed by atoms with van der Waals surface area (Å²) in [5.41, 5.74) is 3.18. The van der Waals surface area contributed by atoms with Gasteiger partial charge in [-0.1, -0.05) is 31.8 Å². The van der Waals surface area contributed by atoms with Gasteiger partial charge in [-0.05, 0) is 89.9 Å². The molecule has 0 N–H and O–H groups in total. The number of carbonyl (C=O) groups excluding carboxylic acids is 1. The third-order valence-electron chi connectivity index (χ3n) is 6.47. The number of piperidine rings is 1. The number of amides is 1. The van der Waals surface area contributed by atoms with Crippen LogP contribution in [0.15, 0.2) is 16.7 Å². The van der Waals surface area contributed by atoms with Crippen LogP contribution in [0.25, 0.3) is 11.0 Å². The smallest absolute Gasteiger partial charge is 0.410 e. The second-order valence-corrected chi connectivity index (χ2v) is 14.2. The van der Waals surface area contributed by atoms with E-state index in [9.17, 15) is 4.79 Å². The van der Waals surface area contributed by atoms with E-state index in [1.54, 1.807) is 0 Å². The van der Waals surface area contributed by atoms with E-state index in [0.717, 1.165) is 66.6 Å². The van der Waals surface area contributed by atoms with Crippen molar-refractivity contribution in [3.63, 3.8) is 0 Å². The lowest BCUT2D eigenvalue weighted by Gasteiger charge is -2.33. The molecule has 0 bridgehead atoms. The van der Waals surface area contributed by atoms with Gasteiger partial charge in [0.15, 0.2) is 5.58 Å². The lowest BCUT2D eigenvalue weighted by atomic mass is 9.82. The van der Waals surface area contributed by atoms with Crippen molar-refractivity contribution in [2.75, 3.05) is 13.1 Å². The molecule has 1 fully saturated rings. The molecule has 2 aromatic rings. The Labute approximate surface area is 218 Å². The first kappa shape index (κ1) is 28.3. The predicted octanol–water partition coefficient (Wildman–Crippen LogP) is 7.13. The third-order valence-corrected chi connectivity index (χ3v) is 7.18. The minimum Gasteiger partial charge on any atom is -0.444 e. The van der Waals surface area contributed by atoms with Gasteiger partial charge in [-0.25, -0.2) is 4.79 Å². The second-order valence-electron chi connectivity index (χ2n) is 12.1. The molecule has 1 radical (unpaired) electrons. The zero-order chi connectivity index (χ0) is 26.7. The summed E-state index contributed by atoms with van der Waals surface area (Å²) in [7, 11) is -0.947. The molecular formula is C29H43N2O4Si. The summed E-state index contributed by atoms with van der Waals surface area (Å²) < 4.78 is 18.1. The summed E-state index contributed by atoms with van der Waals surface area (Å²) in [4.78, 5) is 14.2. The van der Waals surface area contributed by atoms with Gasteiger partial charge in [-0.2, -0.15) is 0 Å². The highest BCUT2D eigenvalue weighted by Crippen LogP contribution is 2.42. The summed E-state index contributed by atoms with van der Waals surface area (Å²) in [6.07, 6.45) is 3.49. The van der Waals surface area contributed by atoms with Crippen molar-refractivity contribution in [3.05, 3.63) is 29.0 Å². The molecule has 1 atom stereocenters. The van der Waals surface area contributed by atoms with Crippen LogP contribution in [0.2, 0.25) is 13.1 Å². The number of benzene rings is 1. The Morgan fingerprint density at radius 2 is 1.86 bits per heavy atom. The van der Waals surface area contributed by atoms with Gasteiger partial charge in [0.05, 0.1) is 11.8 Å². The van der Waals surface area contributed by atoms with Gasteiger partial charge >= 0.3 is 6.09 Å². The quantitative estimate of drug-likeness (QED) is 0.305. The zero-order valence-corrected chi connectivity index (χ0v) is 24.6. The molecule has 1 aliphatic heterocycles. The van der Waals surface area contributed by atoms with E-state index in [2.05, 4.69) is 63.0 Å². The SMILES string of the molecule is CC#Cc1ccc2c(CCC3CCN(C(=O)OC(C)(C)C)CC3)noc2c1C(O[Si](C)C)C(C)(C)C. The first-order valence-corrected chi connectivity index (χ1v) is 15.5. The Balaban J connectivity index is 1.77. The minimum absolute atomic E-state index is 0.116. The molecule has 3 rings (SSSR count). The maximum atomic E-state index is 12.4. The Morgan fingerprint density at radius 3 is 2.42 bits per heavy atom. The number of fused-ring (bicyclic) bond motifs is 1. The van der Waals surface area contributed by atoms with E-state index in [1.165, 1.54) is 0 Å². The van der Waals surface area contributed by atoms with Crippen molar-refractivity contribution in [2.24, 2.45) is 11.3 Å². The van der Waals surface area contributed by atoms with E-state index in [4.69, 9.17) is 13.7 Å². The molecule has 2 heterocycles. The van der Waals surface area contributed by atoms with Crippen molar-refractivity contribution in [1.29, 1.82) is 0 Å². The number of rotatable bonds is 6. The highest BCUT2D eigenvalue weighted by Gasteiger charge is 2.33. The summed E-state index contributed by atoms with van der Waals surface area (Å²) in [6.45, 7) is 20.0. The summed E-state index contributed by atoms with van der Waals surface area (Å²) in [5.74, 6) is 6.87. The Hall–Kier alpha value is -2.30. The number of likely N-dealkylation sites (tertiary alicyclic amines) is 1. The minimum atomic E-state index is -0.947. The van der Waals surface area contributed by atoms with Crippen molar-refractivity contribution in [1.82, 2.24) is 10.1 Å². The molecule has 1 amide bonds. The highest BCUT2D eigenvalue weighted by molar-refractivity contribution is 6.48. The molecule has 6 nitrogen and oxygen atoms in total. The monoisotopic (exact) mass is 511 g/mol. The van der Waals surface area contributed by atoms with Crippen LogP contribution in [0.3, 0.4) is 0 Å². The van der Waals surface area contributed by atoms with E-state index in [0.29, 0.717) is 5.92 Å². The number of aromatic nitrogens is 1. The molecule has 0 aliphatic carbocycles. The maximum Gasteiger partial charge on any atom is 0.410 e. The Kier molecular flexibility index (Phi) is 8.95. The van der Waals surface area contributed by atoms with Crippen LogP contribution in [0, 0.1) is 23.2 Å². The molecule has 1 aliphatic rings. The molecule has 1 unspecified atom stereocenters. The Bertz CT molecular complexity index is 1110. The van der Waals surface area contributed by atoms with Crippen molar-refractivity contribution in [3.8, 4) is 11.8 Å². The molecular weight excluding hydrogens is 468 g/mol. The average molecular weight is 512 g/mol. The van der Waals surface area contributed by atoms with Gasteiger partial charge < -0.3 is 18.6 Å². The fraction of sp³-hybridized carbons (Fsp3) is 0.655. The number of carbonyl (C=O) groups is 1. The normalized spacial score (nSPS) is 16.2. The van der Waals surface area contributed by atoms with Gasteiger partial charge in [-0.3, -0.25) is 0 Å². The number of nitrogens with zero attached hydrogens (tertiary/aromatic N) is 2. The molecule has 197 valence electrons. The maximum absolute atomic E-state index is 12.4. The molecule has 0 saturated carbocycles. The number of hydrogen-bond donors (Lipinski definition) is 0. The van der Waals surface area contributed by atoms with Crippen LogP contribution in [0.4, 0.5) is 4.79 Å². The molecule has 0 spiro atoms. The van der Waals surface area contributed by atoms with Gasteiger partial charge in [0, 0.05) is 29.6 Å². The van der Waals surface area contributed by atoms with E-state index in [1.807, 2.05) is 32.6 Å². The number of hydrogen-bond acceptors (Lipinski definition) is 5. The fourth-order valence-corrected chi connectivity index (χ4v) is 5.68. The summed E-state index contributed by atoms with van der Waals surface area (Å²) >= 11 is 0. The standard InChI is InChI=1S/C29H43N2O4Si/c1-10-11-21-13-14-22-23(30-34-25(22)24(21)26(28(2,3)4)35-36(8)9)15-12-20-16-18-31(19-17-20)27(32)33-29(5,6)7/h13-14,20,26H,12,15-19H2,1-9H3. The van der Waals surface area contributed by atoms with Crippen LogP contribution >= 0.6 is 0 Å². The summed E-state index contributed by atoms with van der Waals surface area (Å²) in [5, 5.41) is 5.57. The van der Waals surface area contributed by atoms with E-state index < -0.39 is 14.6 Å². The van der Waals surface area contributed by atoms with Crippen molar-refractivity contribution >= 4 is 26.1 Å². The average Bonchev–Trinajstić information content (AvgIpc) is 3.18. The number of aryl methyl sites for hydroxylation is 1. The van der Waals surface area contributed by atoms with E-state index >= 15 is 0 Å². The highest BCUT2D eigenvalue weighted by atomic mass is 28.3. The first-order valence-electron chi connectivity index (χ1n) is 13.1. The summed E-state index contributed by atoms with van der Waals surface area (Å²) in [6, 6.07) is 4.19. The molecule has 36 heavy (non-hydrogen) atoms. The molecule has 1 aromatic heterocycles. The van der Waals surface area contributed by atoms with Crippen LogP contribution in [0.1, 0.15) is 90.7 Å². The lowest BCUT2D eigenvalue weighted by molar-refractivity contribution is 0.0181. The first-order chi connectivity index (χ1) is 16.8. The van der Waals surface area contributed by atoms with Gasteiger partial charge in [0.2, 0.25) is 9.04 Å². The Morgan fingerprint density at radius 1 is 1.19 bits per heavy atom. The van der Waals surface area contributed by atoms with E-state index in [-0.39, 0.29) is 17.6 Å². The second kappa shape index (κ2) is 11.4. The molecule has 1 saturated heterocycles. The van der Waals surface area contributed by atoms with Crippen LogP contribution < -0.4 is 0 Å². The predicted molar refractivity (Wildman–Crippen MR) is 146 cm³/mol. The largest absolute Gasteiger partial charge is 0.444 e. The van der Waals surface area contributed by atoms with Crippen molar-refractivity contribution in [2.45, 2.75) is 98.9 Å². The number of ether oxygens (including phenoxy) is 1. The fourth-order valence-electron chi connectivity index (χ4n) is 4.74. The van der Waals surface area contributed by atoms with Crippen LogP contribution in [0.5, 0.6) is 0 Å². The van der Waals surface area contributed by atoms with Crippen LogP contribution in [-0.4, -0.2) is 43.9 Å². The topological polar surface area (TPSA) is 64.8 Å². The molecule has 1 aromatic carbocycles. The lowest BCUT2D eigenvalue weighted by Crippen LogP contribution is -2.41. The van der Waals surface area contributed by atoms with Gasteiger partial charge in [0.25, 0.3) is 0 Å². The zero-order valence-electron chi connectivity index (χ0n) is 23.6. The molecule has 7 heteroatoms. The van der Waals surface area contributed by atoms with Gasteiger partial charge in [-0.15, -0.1) is 5.92 Å².